The van der Waals surface area contributed by atoms with Crippen LogP contribution in [0.5, 0.6) is 0 Å². The molecule has 1 heterocycles. The molecule has 0 amide bonds. The minimum Gasteiger partial charge on any atom is -0.381 e. The highest BCUT2D eigenvalue weighted by Crippen LogP contribution is 2.15. The Kier molecular flexibility index (Phi) is 3.67. The van der Waals surface area contributed by atoms with Crippen molar-refractivity contribution in [2.45, 2.75) is 13.1 Å². The highest BCUT2D eigenvalue weighted by Gasteiger charge is 2.03. The van der Waals surface area contributed by atoms with Crippen molar-refractivity contribution in [3.8, 4) is 0 Å². The first-order chi connectivity index (χ1) is 8.31. The molecular formula is C13H14FN3. The molecule has 3 N–H and O–H groups in total. The molecule has 2 rings (SSSR count). The van der Waals surface area contributed by atoms with Crippen LogP contribution in [0.25, 0.3) is 0 Å². The number of aromatic nitrogens is 1. The summed E-state index contributed by atoms with van der Waals surface area (Å²) in [7, 11) is 0. The molecule has 1 aromatic heterocycles. The lowest BCUT2D eigenvalue weighted by atomic mass is 10.2. The van der Waals surface area contributed by atoms with Crippen molar-refractivity contribution in [1.29, 1.82) is 0 Å². The zero-order chi connectivity index (χ0) is 12.1. The first-order valence-electron chi connectivity index (χ1n) is 5.41. The molecule has 17 heavy (non-hydrogen) atoms. The van der Waals surface area contributed by atoms with Gasteiger partial charge in [0, 0.05) is 42.3 Å². The Hall–Kier alpha value is -1.94. The van der Waals surface area contributed by atoms with E-state index in [1.54, 1.807) is 24.5 Å². The molecule has 0 spiro atoms. The largest absolute Gasteiger partial charge is 0.381 e. The SMILES string of the molecule is NCc1cnccc1NCc1ccccc1F. The average Bonchev–Trinajstić information content (AvgIpc) is 2.38. The van der Waals surface area contributed by atoms with E-state index in [-0.39, 0.29) is 5.82 Å². The third kappa shape index (κ3) is 2.79. The van der Waals surface area contributed by atoms with Gasteiger partial charge in [-0.25, -0.2) is 4.39 Å². The van der Waals surface area contributed by atoms with E-state index < -0.39 is 0 Å². The summed E-state index contributed by atoms with van der Waals surface area (Å²) in [5.41, 5.74) is 8.04. The second-order valence-electron chi connectivity index (χ2n) is 3.68. The smallest absolute Gasteiger partial charge is 0.128 e. The van der Waals surface area contributed by atoms with E-state index >= 15 is 0 Å². The summed E-state index contributed by atoms with van der Waals surface area (Å²) in [5.74, 6) is -0.205. The van der Waals surface area contributed by atoms with Gasteiger partial charge in [-0.1, -0.05) is 18.2 Å². The van der Waals surface area contributed by atoms with Crippen LogP contribution in [0.15, 0.2) is 42.7 Å². The number of rotatable bonds is 4. The highest BCUT2D eigenvalue weighted by molar-refractivity contribution is 5.49. The summed E-state index contributed by atoms with van der Waals surface area (Å²) in [6.07, 6.45) is 3.40. The second-order valence-corrected chi connectivity index (χ2v) is 3.68. The Morgan fingerprint density at radius 2 is 2.00 bits per heavy atom. The number of nitrogens with two attached hydrogens (primary N) is 1. The van der Waals surface area contributed by atoms with Gasteiger partial charge in [0.15, 0.2) is 0 Å². The zero-order valence-corrected chi connectivity index (χ0v) is 9.36. The normalized spacial score (nSPS) is 10.2. The van der Waals surface area contributed by atoms with E-state index in [1.807, 2.05) is 12.1 Å². The predicted octanol–water partition coefficient (Wildman–Crippen LogP) is 2.29. The van der Waals surface area contributed by atoms with Crippen LogP contribution in [0.1, 0.15) is 11.1 Å². The molecule has 0 aliphatic heterocycles. The van der Waals surface area contributed by atoms with Gasteiger partial charge in [0.25, 0.3) is 0 Å². The van der Waals surface area contributed by atoms with E-state index in [2.05, 4.69) is 10.3 Å². The second kappa shape index (κ2) is 5.41. The minimum absolute atomic E-state index is 0.205. The van der Waals surface area contributed by atoms with Crippen LogP contribution in [-0.2, 0) is 13.1 Å². The van der Waals surface area contributed by atoms with Crippen molar-refractivity contribution in [3.05, 3.63) is 59.7 Å². The monoisotopic (exact) mass is 231 g/mol. The Bertz CT molecular complexity index is 500. The molecule has 1 aromatic carbocycles. The number of hydrogen-bond donors (Lipinski definition) is 2. The molecule has 0 fully saturated rings. The highest BCUT2D eigenvalue weighted by atomic mass is 19.1. The molecule has 0 atom stereocenters. The Balaban J connectivity index is 2.10. The summed E-state index contributed by atoms with van der Waals surface area (Å²) >= 11 is 0. The van der Waals surface area contributed by atoms with Crippen LogP contribution in [0.3, 0.4) is 0 Å². The molecule has 0 bridgehead atoms. The van der Waals surface area contributed by atoms with Gasteiger partial charge in [0.05, 0.1) is 0 Å². The van der Waals surface area contributed by atoms with Gasteiger partial charge >= 0.3 is 0 Å². The maximum atomic E-state index is 13.4. The fourth-order valence-electron chi connectivity index (χ4n) is 1.59. The van der Waals surface area contributed by atoms with Crippen LogP contribution in [0.2, 0.25) is 0 Å². The molecule has 2 aromatic rings. The summed E-state index contributed by atoms with van der Waals surface area (Å²) in [5, 5.41) is 3.16. The van der Waals surface area contributed by atoms with Crippen LogP contribution >= 0.6 is 0 Å². The van der Waals surface area contributed by atoms with Crippen molar-refractivity contribution >= 4 is 5.69 Å². The summed E-state index contributed by atoms with van der Waals surface area (Å²) in [6.45, 7) is 0.844. The van der Waals surface area contributed by atoms with Gasteiger partial charge in [-0.05, 0) is 12.1 Å². The van der Waals surface area contributed by atoms with Gasteiger partial charge in [0.1, 0.15) is 5.82 Å². The molecule has 0 radical (unpaired) electrons. The van der Waals surface area contributed by atoms with Crippen LogP contribution in [-0.4, -0.2) is 4.98 Å². The maximum Gasteiger partial charge on any atom is 0.128 e. The summed E-state index contributed by atoms with van der Waals surface area (Å²) in [6, 6.07) is 8.54. The average molecular weight is 231 g/mol. The third-order valence-corrected chi connectivity index (χ3v) is 2.55. The first kappa shape index (κ1) is 11.5. The fraction of sp³-hybridized carbons (Fsp3) is 0.154. The number of anilines is 1. The minimum atomic E-state index is -0.205. The Morgan fingerprint density at radius 1 is 1.18 bits per heavy atom. The van der Waals surface area contributed by atoms with Crippen molar-refractivity contribution in [3.63, 3.8) is 0 Å². The Labute approximate surface area is 99.5 Å². The lowest BCUT2D eigenvalue weighted by Crippen LogP contribution is -2.06. The zero-order valence-electron chi connectivity index (χ0n) is 9.36. The molecule has 0 unspecified atom stereocenters. The molecule has 4 heteroatoms. The molecule has 0 aliphatic rings. The van der Waals surface area contributed by atoms with Gasteiger partial charge in [-0.15, -0.1) is 0 Å². The molecular weight excluding hydrogens is 217 g/mol. The number of hydrogen-bond acceptors (Lipinski definition) is 3. The first-order valence-corrected chi connectivity index (χ1v) is 5.41. The number of nitrogens with zero attached hydrogens (tertiary/aromatic N) is 1. The van der Waals surface area contributed by atoms with Crippen LogP contribution in [0.4, 0.5) is 10.1 Å². The standard InChI is InChI=1S/C13H14FN3/c14-12-4-2-1-3-10(12)9-17-13-5-6-16-8-11(13)7-15/h1-6,8H,7,9,15H2,(H,16,17). The number of nitrogens with one attached hydrogen (secondary N) is 1. The number of pyridine rings is 1. The molecule has 3 nitrogen and oxygen atoms in total. The van der Waals surface area contributed by atoms with E-state index in [0.29, 0.717) is 18.7 Å². The van der Waals surface area contributed by atoms with Gasteiger partial charge in [0.2, 0.25) is 0 Å². The number of benzene rings is 1. The van der Waals surface area contributed by atoms with E-state index in [0.717, 1.165) is 11.3 Å². The maximum absolute atomic E-state index is 13.4. The lowest BCUT2D eigenvalue weighted by Gasteiger charge is -2.10. The van der Waals surface area contributed by atoms with Gasteiger partial charge in [-0.3, -0.25) is 4.98 Å². The Morgan fingerprint density at radius 3 is 2.76 bits per heavy atom. The van der Waals surface area contributed by atoms with Gasteiger partial charge in [-0.2, -0.15) is 0 Å². The topological polar surface area (TPSA) is 50.9 Å². The van der Waals surface area contributed by atoms with Crippen molar-refractivity contribution in [2.75, 3.05) is 5.32 Å². The van der Waals surface area contributed by atoms with Crippen molar-refractivity contribution in [1.82, 2.24) is 4.98 Å². The quantitative estimate of drug-likeness (QED) is 0.848. The lowest BCUT2D eigenvalue weighted by molar-refractivity contribution is 0.613. The van der Waals surface area contributed by atoms with E-state index in [4.69, 9.17) is 5.73 Å². The number of halogens is 1. The van der Waals surface area contributed by atoms with Gasteiger partial charge < -0.3 is 11.1 Å². The van der Waals surface area contributed by atoms with Crippen molar-refractivity contribution in [2.24, 2.45) is 5.73 Å². The third-order valence-electron chi connectivity index (χ3n) is 2.55. The molecule has 0 saturated carbocycles. The van der Waals surface area contributed by atoms with Crippen LogP contribution < -0.4 is 11.1 Å². The molecule has 88 valence electrons. The van der Waals surface area contributed by atoms with E-state index in [9.17, 15) is 4.39 Å². The predicted molar refractivity (Wildman–Crippen MR) is 65.9 cm³/mol. The van der Waals surface area contributed by atoms with E-state index in [1.165, 1.54) is 6.07 Å². The molecule has 0 saturated heterocycles. The fourth-order valence-corrected chi connectivity index (χ4v) is 1.59. The summed E-state index contributed by atoms with van der Waals surface area (Å²) < 4.78 is 13.4. The van der Waals surface area contributed by atoms with Crippen LogP contribution in [0, 0.1) is 5.82 Å². The summed E-state index contributed by atoms with van der Waals surface area (Å²) in [4.78, 5) is 3.99. The molecule has 0 aliphatic carbocycles. The van der Waals surface area contributed by atoms with Crippen molar-refractivity contribution < 1.29 is 4.39 Å².